The van der Waals surface area contributed by atoms with Crippen LogP contribution in [-0.4, -0.2) is 24.4 Å². The highest BCUT2D eigenvalue weighted by molar-refractivity contribution is 7.98. The number of nitrogens with zero attached hydrogens (tertiary/aromatic N) is 2. The lowest BCUT2D eigenvalue weighted by molar-refractivity contribution is 0.410. The highest BCUT2D eigenvalue weighted by Gasteiger charge is 2.11. The van der Waals surface area contributed by atoms with E-state index in [0.717, 1.165) is 17.1 Å². The molecule has 1 heterocycles. The van der Waals surface area contributed by atoms with Gasteiger partial charge in [0.15, 0.2) is 0 Å². The standard InChI is InChI=1S/C14H19N3O2S/c1-9(15-3)11-5-6-13(18-4)12(7-11)8-20-14-17-16-10(2)19-14/h5-7,9,15H,8H2,1-4H3. The van der Waals surface area contributed by atoms with Gasteiger partial charge in [-0.1, -0.05) is 17.8 Å². The summed E-state index contributed by atoms with van der Waals surface area (Å²) < 4.78 is 10.8. The number of hydrogen-bond acceptors (Lipinski definition) is 6. The maximum atomic E-state index is 5.41. The zero-order valence-electron chi connectivity index (χ0n) is 12.1. The Bertz CT molecular complexity index is 571. The van der Waals surface area contributed by atoms with Crippen LogP contribution < -0.4 is 10.1 Å². The highest BCUT2D eigenvalue weighted by Crippen LogP contribution is 2.29. The third-order valence-electron chi connectivity index (χ3n) is 3.10. The quantitative estimate of drug-likeness (QED) is 0.826. The molecule has 0 amide bonds. The predicted octanol–water partition coefficient (Wildman–Crippen LogP) is 2.96. The van der Waals surface area contributed by atoms with E-state index < -0.39 is 0 Å². The van der Waals surface area contributed by atoms with Gasteiger partial charge < -0.3 is 14.5 Å². The van der Waals surface area contributed by atoms with Gasteiger partial charge in [-0.2, -0.15) is 0 Å². The van der Waals surface area contributed by atoms with Crippen molar-refractivity contribution in [1.82, 2.24) is 15.5 Å². The molecule has 1 aromatic carbocycles. The molecular formula is C14H19N3O2S. The Hall–Kier alpha value is -1.53. The van der Waals surface area contributed by atoms with Crippen LogP contribution in [0.4, 0.5) is 0 Å². The summed E-state index contributed by atoms with van der Waals surface area (Å²) in [7, 11) is 3.63. The normalized spacial score (nSPS) is 12.4. The van der Waals surface area contributed by atoms with Crippen LogP contribution in [0.25, 0.3) is 0 Å². The number of ether oxygens (including phenoxy) is 1. The van der Waals surface area contributed by atoms with Crippen molar-refractivity contribution in [2.75, 3.05) is 14.2 Å². The van der Waals surface area contributed by atoms with Gasteiger partial charge in [-0.3, -0.25) is 0 Å². The molecule has 0 aliphatic heterocycles. The molecule has 1 N–H and O–H groups in total. The van der Waals surface area contributed by atoms with E-state index in [2.05, 4.69) is 34.6 Å². The fourth-order valence-corrected chi connectivity index (χ4v) is 2.61. The van der Waals surface area contributed by atoms with E-state index >= 15 is 0 Å². The smallest absolute Gasteiger partial charge is 0.276 e. The summed E-state index contributed by atoms with van der Waals surface area (Å²) in [5.74, 6) is 2.19. The van der Waals surface area contributed by atoms with E-state index in [0.29, 0.717) is 17.2 Å². The lowest BCUT2D eigenvalue weighted by atomic mass is 10.1. The minimum Gasteiger partial charge on any atom is -0.496 e. The van der Waals surface area contributed by atoms with Crippen LogP contribution in [0.3, 0.4) is 0 Å². The summed E-state index contributed by atoms with van der Waals surface area (Å²) in [5, 5.41) is 11.6. The van der Waals surface area contributed by atoms with Gasteiger partial charge in [-0.05, 0) is 31.7 Å². The molecule has 0 saturated heterocycles. The summed E-state index contributed by atoms with van der Waals surface area (Å²) in [6.07, 6.45) is 0. The van der Waals surface area contributed by atoms with Crippen LogP contribution in [-0.2, 0) is 5.75 Å². The minimum absolute atomic E-state index is 0.301. The van der Waals surface area contributed by atoms with Crippen LogP contribution in [0.1, 0.15) is 30.0 Å². The molecule has 0 aliphatic rings. The fraction of sp³-hybridized carbons (Fsp3) is 0.429. The summed E-state index contributed by atoms with van der Waals surface area (Å²) in [6.45, 7) is 3.91. The molecule has 5 nitrogen and oxygen atoms in total. The lowest BCUT2D eigenvalue weighted by Gasteiger charge is -2.14. The topological polar surface area (TPSA) is 60.2 Å². The van der Waals surface area contributed by atoms with Crippen molar-refractivity contribution in [3.8, 4) is 5.75 Å². The molecule has 0 spiro atoms. The number of thioether (sulfide) groups is 1. The minimum atomic E-state index is 0.301. The Morgan fingerprint density at radius 2 is 2.20 bits per heavy atom. The van der Waals surface area contributed by atoms with Crippen molar-refractivity contribution in [3.05, 3.63) is 35.2 Å². The molecule has 1 unspecified atom stereocenters. The van der Waals surface area contributed by atoms with E-state index in [1.54, 1.807) is 14.0 Å². The van der Waals surface area contributed by atoms with Gasteiger partial charge >= 0.3 is 0 Å². The first kappa shape index (κ1) is 14.9. The first-order chi connectivity index (χ1) is 9.63. The third kappa shape index (κ3) is 3.52. The second-order valence-electron chi connectivity index (χ2n) is 4.46. The van der Waals surface area contributed by atoms with E-state index in [1.165, 1.54) is 17.3 Å². The van der Waals surface area contributed by atoms with Gasteiger partial charge in [0.1, 0.15) is 5.75 Å². The molecule has 2 aromatic rings. The average Bonchev–Trinajstić information content (AvgIpc) is 2.89. The molecular weight excluding hydrogens is 274 g/mol. The SMILES string of the molecule is CNC(C)c1ccc(OC)c(CSc2nnc(C)o2)c1. The Morgan fingerprint density at radius 1 is 1.40 bits per heavy atom. The van der Waals surface area contributed by atoms with E-state index in [1.807, 2.05) is 13.1 Å². The largest absolute Gasteiger partial charge is 0.496 e. The summed E-state index contributed by atoms with van der Waals surface area (Å²) in [4.78, 5) is 0. The summed E-state index contributed by atoms with van der Waals surface area (Å²) in [5.41, 5.74) is 2.35. The molecule has 0 bridgehead atoms. The second-order valence-corrected chi connectivity index (χ2v) is 5.38. The first-order valence-electron chi connectivity index (χ1n) is 6.41. The Balaban J connectivity index is 2.15. The maximum Gasteiger partial charge on any atom is 0.276 e. The molecule has 20 heavy (non-hydrogen) atoms. The molecule has 0 aliphatic carbocycles. The number of aryl methyl sites for hydroxylation is 1. The number of nitrogens with one attached hydrogen (secondary N) is 1. The molecule has 2 rings (SSSR count). The maximum absolute atomic E-state index is 5.41. The van der Waals surface area contributed by atoms with E-state index in [9.17, 15) is 0 Å². The highest BCUT2D eigenvalue weighted by atomic mass is 32.2. The van der Waals surface area contributed by atoms with Crippen molar-refractivity contribution in [3.63, 3.8) is 0 Å². The second kappa shape index (κ2) is 6.76. The van der Waals surface area contributed by atoms with Gasteiger partial charge in [0.2, 0.25) is 5.89 Å². The average molecular weight is 293 g/mol. The number of methoxy groups -OCH3 is 1. The van der Waals surface area contributed by atoms with Gasteiger partial charge in [-0.15, -0.1) is 10.2 Å². The lowest BCUT2D eigenvalue weighted by Crippen LogP contribution is -2.12. The van der Waals surface area contributed by atoms with Crippen LogP contribution in [0.2, 0.25) is 0 Å². The van der Waals surface area contributed by atoms with Crippen molar-refractivity contribution >= 4 is 11.8 Å². The monoisotopic (exact) mass is 293 g/mol. The van der Waals surface area contributed by atoms with Gasteiger partial charge in [0.05, 0.1) is 7.11 Å². The van der Waals surface area contributed by atoms with Gasteiger partial charge in [0, 0.05) is 24.3 Å². The zero-order chi connectivity index (χ0) is 14.5. The third-order valence-corrected chi connectivity index (χ3v) is 3.96. The predicted molar refractivity (Wildman–Crippen MR) is 79.1 cm³/mol. The Labute approximate surface area is 123 Å². The molecule has 1 atom stereocenters. The van der Waals surface area contributed by atoms with Crippen LogP contribution in [0.15, 0.2) is 27.8 Å². The van der Waals surface area contributed by atoms with E-state index in [4.69, 9.17) is 9.15 Å². The first-order valence-corrected chi connectivity index (χ1v) is 7.39. The number of aromatic nitrogens is 2. The number of hydrogen-bond donors (Lipinski definition) is 1. The van der Waals surface area contributed by atoms with Gasteiger partial charge in [0.25, 0.3) is 5.22 Å². The molecule has 108 valence electrons. The molecule has 0 radical (unpaired) electrons. The number of benzene rings is 1. The van der Waals surface area contributed by atoms with Crippen LogP contribution in [0, 0.1) is 6.92 Å². The fourth-order valence-electron chi connectivity index (χ4n) is 1.82. The summed E-state index contributed by atoms with van der Waals surface area (Å²) in [6, 6.07) is 6.52. The molecule has 0 saturated carbocycles. The van der Waals surface area contributed by atoms with Gasteiger partial charge in [-0.25, -0.2) is 0 Å². The molecule has 6 heteroatoms. The van der Waals surface area contributed by atoms with Crippen molar-refractivity contribution in [1.29, 1.82) is 0 Å². The van der Waals surface area contributed by atoms with Crippen LogP contribution >= 0.6 is 11.8 Å². The Morgan fingerprint density at radius 3 is 2.80 bits per heavy atom. The Kier molecular flexibility index (Phi) is 5.03. The van der Waals surface area contributed by atoms with Crippen molar-refractivity contribution in [2.24, 2.45) is 0 Å². The van der Waals surface area contributed by atoms with Crippen molar-refractivity contribution < 1.29 is 9.15 Å². The summed E-state index contributed by atoms with van der Waals surface area (Å²) >= 11 is 1.51. The number of rotatable bonds is 6. The molecule has 1 aromatic heterocycles. The van der Waals surface area contributed by atoms with Crippen LogP contribution in [0.5, 0.6) is 5.75 Å². The van der Waals surface area contributed by atoms with Crippen molar-refractivity contribution in [2.45, 2.75) is 30.9 Å². The molecule has 0 fully saturated rings. The zero-order valence-corrected chi connectivity index (χ0v) is 13.0. The van der Waals surface area contributed by atoms with E-state index in [-0.39, 0.29) is 0 Å².